The third kappa shape index (κ3) is 4.93. The Morgan fingerprint density at radius 3 is 2.65 bits per heavy atom. The number of carboxylic acids is 1. The predicted octanol–water partition coefficient (Wildman–Crippen LogP) is 2.55. The van der Waals surface area contributed by atoms with Gasteiger partial charge in [0, 0.05) is 43.6 Å². The van der Waals surface area contributed by atoms with E-state index < -0.39 is 12.1 Å². The maximum atomic E-state index is 13.7. The molecule has 2 aliphatic rings. The van der Waals surface area contributed by atoms with E-state index in [1.54, 1.807) is 13.2 Å². The Morgan fingerprint density at radius 2 is 2.08 bits per heavy atom. The minimum atomic E-state index is -5.08. The van der Waals surface area contributed by atoms with Crippen LogP contribution in [0.25, 0.3) is 0 Å². The van der Waals surface area contributed by atoms with E-state index in [0.29, 0.717) is 12.5 Å². The van der Waals surface area contributed by atoms with Crippen molar-refractivity contribution in [2.24, 2.45) is 11.3 Å². The van der Waals surface area contributed by atoms with Gasteiger partial charge in [-0.25, -0.2) is 9.18 Å². The smallest absolute Gasteiger partial charge is 0.475 e. The first kappa shape index (κ1) is 20.6. The van der Waals surface area contributed by atoms with Gasteiger partial charge in [0.15, 0.2) is 0 Å². The summed E-state index contributed by atoms with van der Waals surface area (Å²) >= 11 is 0. The van der Waals surface area contributed by atoms with Crippen molar-refractivity contribution in [3.8, 4) is 0 Å². The summed E-state index contributed by atoms with van der Waals surface area (Å²) in [5.74, 6) is -2.36. The van der Waals surface area contributed by atoms with E-state index in [9.17, 15) is 17.6 Å². The van der Waals surface area contributed by atoms with Crippen molar-refractivity contribution < 1.29 is 36.9 Å². The van der Waals surface area contributed by atoms with Crippen LogP contribution >= 0.6 is 0 Å². The number of carbonyl (C=O) groups is 1. The fourth-order valence-electron chi connectivity index (χ4n) is 3.42. The Hall–Kier alpha value is -1.71. The summed E-state index contributed by atoms with van der Waals surface area (Å²) in [5, 5.41) is 7.12. The van der Waals surface area contributed by atoms with Crippen molar-refractivity contribution in [2.45, 2.75) is 12.7 Å². The summed E-state index contributed by atoms with van der Waals surface area (Å²) in [6, 6.07) is 7.02. The standard InChI is InChI=1S/C15H20FNO2.C2HF3O2/c1-18-10-15-9-17(7-13(15)8-19-11-15)6-12-4-2-3-5-14(12)16;3-2(4,5)1(6)7/h2-5,13H,6-11H2,1H3;(H,6,7)/t13-,15-;/m1./s1. The molecule has 0 aromatic heterocycles. The first-order valence-corrected chi connectivity index (χ1v) is 8.00. The fourth-order valence-corrected chi connectivity index (χ4v) is 3.42. The van der Waals surface area contributed by atoms with Crippen molar-refractivity contribution in [1.82, 2.24) is 4.90 Å². The van der Waals surface area contributed by atoms with Gasteiger partial charge < -0.3 is 14.6 Å². The number of rotatable bonds is 4. The fraction of sp³-hybridized carbons (Fsp3) is 0.588. The number of nitrogens with zero attached hydrogens (tertiary/aromatic N) is 1. The molecule has 2 aliphatic heterocycles. The molecule has 0 aliphatic carbocycles. The zero-order valence-corrected chi connectivity index (χ0v) is 14.3. The maximum Gasteiger partial charge on any atom is 0.490 e. The largest absolute Gasteiger partial charge is 0.490 e. The van der Waals surface area contributed by atoms with Crippen LogP contribution in [0.4, 0.5) is 17.6 Å². The number of hydrogen-bond donors (Lipinski definition) is 1. The number of aliphatic carboxylic acids is 1. The molecule has 2 atom stereocenters. The van der Waals surface area contributed by atoms with Crippen molar-refractivity contribution in [3.63, 3.8) is 0 Å². The molecule has 9 heteroatoms. The molecule has 0 unspecified atom stereocenters. The van der Waals surface area contributed by atoms with E-state index in [4.69, 9.17) is 19.4 Å². The molecule has 26 heavy (non-hydrogen) atoms. The van der Waals surface area contributed by atoms with Gasteiger partial charge in [-0.2, -0.15) is 13.2 Å². The van der Waals surface area contributed by atoms with E-state index in [1.807, 2.05) is 12.1 Å². The molecule has 0 radical (unpaired) electrons. The van der Waals surface area contributed by atoms with Gasteiger partial charge in [-0.05, 0) is 6.07 Å². The monoisotopic (exact) mass is 379 g/mol. The van der Waals surface area contributed by atoms with Crippen LogP contribution in [0.15, 0.2) is 24.3 Å². The second kappa shape index (κ2) is 8.32. The lowest BCUT2D eigenvalue weighted by Crippen LogP contribution is -2.35. The first-order valence-electron chi connectivity index (χ1n) is 8.00. The highest BCUT2D eigenvalue weighted by atomic mass is 19.4. The van der Waals surface area contributed by atoms with Gasteiger partial charge >= 0.3 is 12.1 Å². The summed E-state index contributed by atoms with van der Waals surface area (Å²) in [6.45, 7) is 4.87. The normalized spacial score (nSPS) is 25.5. The van der Waals surface area contributed by atoms with Crippen LogP contribution in [0, 0.1) is 17.2 Å². The van der Waals surface area contributed by atoms with Crippen LogP contribution in [0.3, 0.4) is 0 Å². The number of alkyl halides is 3. The van der Waals surface area contributed by atoms with E-state index >= 15 is 0 Å². The minimum absolute atomic E-state index is 0.111. The molecule has 1 aromatic rings. The van der Waals surface area contributed by atoms with Gasteiger partial charge in [0.1, 0.15) is 5.82 Å². The second-order valence-electron chi connectivity index (χ2n) is 6.57. The molecule has 2 saturated heterocycles. The van der Waals surface area contributed by atoms with Crippen molar-refractivity contribution in [2.75, 3.05) is 40.0 Å². The summed E-state index contributed by atoms with van der Waals surface area (Å²) in [6.07, 6.45) is -5.08. The second-order valence-corrected chi connectivity index (χ2v) is 6.57. The van der Waals surface area contributed by atoms with Crippen LogP contribution in [-0.4, -0.2) is 62.2 Å². The number of ether oxygens (including phenoxy) is 2. The summed E-state index contributed by atoms with van der Waals surface area (Å²) in [7, 11) is 1.74. The number of methoxy groups -OCH3 is 1. The van der Waals surface area contributed by atoms with Gasteiger partial charge in [0.25, 0.3) is 0 Å². The van der Waals surface area contributed by atoms with E-state index in [0.717, 1.165) is 38.5 Å². The highest BCUT2D eigenvalue weighted by Gasteiger charge is 2.50. The third-order valence-corrected chi connectivity index (χ3v) is 4.62. The Kier molecular flexibility index (Phi) is 6.59. The van der Waals surface area contributed by atoms with Crippen molar-refractivity contribution >= 4 is 5.97 Å². The molecule has 1 aromatic carbocycles. The lowest BCUT2D eigenvalue weighted by molar-refractivity contribution is -0.192. The number of fused-ring (bicyclic) bond motifs is 1. The van der Waals surface area contributed by atoms with E-state index in [1.165, 1.54) is 6.07 Å². The van der Waals surface area contributed by atoms with Gasteiger partial charge in [0.2, 0.25) is 0 Å². The number of hydrogen-bond acceptors (Lipinski definition) is 4. The van der Waals surface area contributed by atoms with E-state index in [-0.39, 0.29) is 11.2 Å². The summed E-state index contributed by atoms with van der Waals surface area (Å²) < 4.78 is 56.4. The molecule has 0 saturated carbocycles. The zero-order chi connectivity index (χ0) is 19.4. The maximum absolute atomic E-state index is 13.7. The lowest BCUT2D eigenvalue weighted by atomic mass is 9.82. The number of halogens is 4. The van der Waals surface area contributed by atoms with E-state index in [2.05, 4.69) is 4.90 Å². The Balaban J connectivity index is 0.000000298. The summed E-state index contributed by atoms with van der Waals surface area (Å²) in [4.78, 5) is 11.2. The molecule has 0 amide bonds. The molecule has 5 nitrogen and oxygen atoms in total. The van der Waals surface area contributed by atoms with Gasteiger partial charge in [-0.3, -0.25) is 4.90 Å². The predicted molar refractivity (Wildman–Crippen MR) is 84.0 cm³/mol. The highest BCUT2D eigenvalue weighted by molar-refractivity contribution is 5.73. The summed E-state index contributed by atoms with van der Waals surface area (Å²) in [5.41, 5.74) is 0.885. The Bertz CT molecular complexity index is 625. The first-order chi connectivity index (χ1) is 12.2. The molecular formula is C17H21F4NO4. The van der Waals surface area contributed by atoms with Crippen LogP contribution in [0.2, 0.25) is 0 Å². The molecule has 1 N–H and O–H groups in total. The van der Waals surface area contributed by atoms with Crippen LogP contribution in [0.1, 0.15) is 5.56 Å². The third-order valence-electron chi connectivity index (χ3n) is 4.62. The quantitative estimate of drug-likeness (QED) is 0.815. The molecular weight excluding hydrogens is 358 g/mol. The van der Waals surface area contributed by atoms with Gasteiger partial charge in [-0.1, -0.05) is 18.2 Å². The van der Waals surface area contributed by atoms with Crippen molar-refractivity contribution in [3.05, 3.63) is 35.6 Å². The SMILES string of the molecule is COC[C@]12COC[C@H]1CN(Cc1ccccc1F)C2.O=C(O)C(F)(F)F. The molecule has 146 valence electrons. The highest BCUT2D eigenvalue weighted by Crippen LogP contribution is 2.41. The molecule has 2 heterocycles. The molecule has 0 bridgehead atoms. The Morgan fingerprint density at radius 1 is 1.42 bits per heavy atom. The van der Waals surface area contributed by atoms with Gasteiger partial charge in [0.05, 0.1) is 19.8 Å². The lowest BCUT2D eigenvalue weighted by Gasteiger charge is -2.26. The average Bonchev–Trinajstić information content (AvgIpc) is 3.06. The van der Waals surface area contributed by atoms with Crippen LogP contribution in [-0.2, 0) is 20.8 Å². The van der Waals surface area contributed by atoms with Gasteiger partial charge in [-0.15, -0.1) is 0 Å². The molecule has 0 spiro atoms. The topological polar surface area (TPSA) is 59.0 Å². The molecule has 2 fully saturated rings. The Labute approximate surface area is 148 Å². The van der Waals surface area contributed by atoms with Crippen LogP contribution in [0.5, 0.6) is 0 Å². The molecule has 3 rings (SSSR count). The average molecular weight is 379 g/mol. The number of benzene rings is 1. The minimum Gasteiger partial charge on any atom is -0.475 e. The number of carboxylic acid groups (broad SMARTS) is 1. The zero-order valence-electron chi connectivity index (χ0n) is 14.3. The van der Waals surface area contributed by atoms with Crippen molar-refractivity contribution in [1.29, 1.82) is 0 Å². The van der Waals surface area contributed by atoms with Crippen LogP contribution < -0.4 is 0 Å². The number of likely N-dealkylation sites (tertiary alicyclic amines) is 1.